The van der Waals surface area contributed by atoms with Crippen LogP contribution in [0.25, 0.3) is 0 Å². The van der Waals surface area contributed by atoms with Crippen molar-refractivity contribution < 1.29 is 18.7 Å². The molecule has 3 aromatic rings. The van der Waals surface area contributed by atoms with E-state index in [1.807, 2.05) is 0 Å². The maximum absolute atomic E-state index is 12.4. The Kier molecular flexibility index (Phi) is 5.28. The Morgan fingerprint density at radius 2 is 1.92 bits per heavy atom. The lowest BCUT2D eigenvalue weighted by Crippen LogP contribution is -2.24. The molecule has 0 saturated carbocycles. The Morgan fingerprint density at radius 3 is 2.62 bits per heavy atom. The fourth-order valence-electron chi connectivity index (χ4n) is 2.30. The number of benzene rings is 1. The number of nitrogens with zero attached hydrogens (tertiary/aromatic N) is 1. The number of carbonyl (C=O) groups is 2. The van der Waals surface area contributed by atoms with Gasteiger partial charge in [0.15, 0.2) is 0 Å². The third-order valence-corrected chi connectivity index (χ3v) is 3.63. The van der Waals surface area contributed by atoms with E-state index >= 15 is 0 Å². The summed E-state index contributed by atoms with van der Waals surface area (Å²) in [6.45, 7) is 0.260. The first-order chi connectivity index (χ1) is 12.7. The zero-order chi connectivity index (χ0) is 18.4. The summed E-state index contributed by atoms with van der Waals surface area (Å²) in [4.78, 5) is 28.8. The molecule has 2 amide bonds. The van der Waals surface area contributed by atoms with Crippen LogP contribution in [0, 0.1) is 0 Å². The van der Waals surface area contributed by atoms with Crippen LogP contribution in [0.2, 0.25) is 0 Å². The van der Waals surface area contributed by atoms with Gasteiger partial charge in [-0.2, -0.15) is 0 Å². The number of nitrogens with one attached hydrogen (secondary N) is 2. The molecular weight excluding hydrogens is 334 g/mol. The van der Waals surface area contributed by atoms with Gasteiger partial charge < -0.3 is 19.8 Å². The Labute approximate surface area is 150 Å². The minimum Gasteiger partial charge on any atom is -0.481 e. The molecule has 1 aromatic carbocycles. The first-order valence-electron chi connectivity index (χ1n) is 7.88. The molecule has 0 saturated heterocycles. The molecule has 0 aliphatic rings. The third kappa shape index (κ3) is 4.07. The summed E-state index contributed by atoms with van der Waals surface area (Å²) in [5, 5.41) is 5.49. The van der Waals surface area contributed by atoms with E-state index in [0.717, 1.165) is 0 Å². The minimum atomic E-state index is -0.369. The molecule has 7 nitrogen and oxygen atoms in total. The van der Waals surface area contributed by atoms with Gasteiger partial charge in [-0.05, 0) is 30.3 Å². The van der Waals surface area contributed by atoms with Crippen LogP contribution in [-0.2, 0) is 6.54 Å². The second-order valence-corrected chi connectivity index (χ2v) is 5.35. The second-order valence-electron chi connectivity index (χ2n) is 5.35. The fraction of sp³-hybridized carbons (Fsp3) is 0.105. The number of furan rings is 1. The van der Waals surface area contributed by atoms with Crippen molar-refractivity contribution in [3.8, 4) is 5.88 Å². The van der Waals surface area contributed by atoms with E-state index in [9.17, 15) is 9.59 Å². The SMILES string of the molecule is COc1ccc(C(=O)Nc2ccccc2C(=O)NCc2ccco2)cn1. The van der Waals surface area contributed by atoms with Gasteiger partial charge in [0.1, 0.15) is 5.76 Å². The molecule has 0 fully saturated rings. The summed E-state index contributed by atoms with van der Waals surface area (Å²) in [6.07, 6.45) is 2.95. The number of ether oxygens (including phenoxy) is 1. The second kappa shape index (κ2) is 7.98. The molecule has 0 aliphatic heterocycles. The lowest BCUT2D eigenvalue weighted by Gasteiger charge is -2.11. The van der Waals surface area contributed by atoms with Crippen molar-refractivity contribution in [3.63, 3.8) is 0 Å². The summed E-state index contributed by atoms with van der Waals surface area (Å²) in [5.74, 6) is 0.375. The Balaban J connectivity index is 1.71. The zero-order valence-corrected chi connectivity index (χ0v) is 14.1. The van der Waals surface area contributed by atoms with Crippen molar-refractivity contribution in [1.29, 1.82) is 0 Å². The van der Waals surface area contributed by atoms with Gasteiger partial charge in [-0.1, -0.05) is 12.1 Å². The van der Waals surface area contributed by atoms with E-state index in [-0.39, 0.29) is 18.4 Å². The zero-order valence-electron chi connectivity index (χ0n) is 14.1. The largest absolute Gasteiger partial charge is 0.481 e. The van der Waals surface area contributed by atoms with Gasteiger partial charge >= 0.3 is 0 Å². The highest BCUT2D eigenvalue weighted by Crippen LogP contribution is 2.17. The predicted molar refractivity (Wildman–Crippen MR) is 95.1 cm³/mol. The van der Waals surface area contributed by atoms with E-state index < -0.39 is 0 Å². The Morgan fingerprint density at radius 1 is 1.08 bits per heavy atom. The van der Waals surface area contributed by atoms with Crippen LogP contribution in [0.3, 0.4) is 0 Å². The van der Waals surface area contributed by atoms with E-state index in [1.54, 1.807) is 54.8 Å². The molecule has 26 heavy (non-hydrogen) atoms. The number of para-hydroxylation sites is 1. The highest BCUT2D eigenvalue weighted by molar-refractivity contribution is 6.08. The summed E-state index contributed by atoms with van der Waals surface area (Å²) < 4.78 is 10.2. The summed E-state index contributed by atoms with van der Waals surface area (Å²) in [7, 11) is 1.50. The maximum Gasteiger partial charge on any atom is 0.257 e. The molecule has 2 aromatic heterocycles. The van der Waals surface area contributed by atoms with Gasteiger partial charge in [0.25, 0.3) is 11.8 Å². The number of hydrogen-bond acceptors (Lipinski definition) is 5. The number of rotatable bonds is 6. The van der Waals surface area contributed by atoms with Gasteiger partial charge in [-0.3, -0.25) is 9.59 Å². The number of hydrogen-bond donors (Lipinski definition) is 2. The smallest absolute Gasteiger partial charge is 0.257 e. The van der Waals surface area contributed by atoms with Crippen molar-refractivity contribution in [2.45, 2.75) is 6.54 Å². The number of amides is 2. The summed E-state index contributed by atoms with van der Waals surface area (Å²) in [6, 6.07) is 13.5. The van der Waals surface area contributed by atoms with Crippen molar-refractivity contribution >= 4 is 17.5 Å². The molecule has 3 rings (SSSR count). The van der Waals surface area contributed by atoms with Gasteiger partial charge in [-0.25, -0.2) is 4.98 Å². The quantitative estimate of drug-likeness (QED) is 0.712. The molecule has 0 aliphatic carbocycles. The van der Waals surface area contributed by atoms with E-state index in [4.69, 9.17) is 9.15 Å². The lowest BCUT2D eigenvalue weighted by atomic mass is 10.1. The molecule has 7 heteroatoms. The van der Waals surface area contributed by atoms with E-state index in [0.29, 0.717) is 28.5 Å². The topological polar surface area (TPSA) is 93.5 Å². The van der Waals surface area contributed by atoms with Crippen LogP contribution in [0.1, 0.15) is 26.5 Å². The van der Waals surface area contributed by atoms with Crippen molar-refractivity contribution in [2.75, 3.05) is 12.4 Å². The molecule has 0 bridgehead atoms. The number of pyridine rings is 1. The fourth-order valence-corrected chi connectivity index (χ4v) is 2.30. The lowest BCUT2D eigenvalue weighted by molar-refractivity contribution is 0.0949. The normalized spacial score (nSPS) is 10.2. The van der Waals surface area contributed by atoms with E-state index in [2.05, 4.69) is 15.6 Å². The van der Waals surface area contributed by atoms with Gasteiger partial charge in [0, 0.05) is 12.3 Å². The maximum atomic E-state index is 12.4. The average molecular weight is 351 g/mol. The molecular formula is C19H17N3O4. The van der Waals surface area contributed by atoms with Crippen molar-refractivity contribution in [2.24, 2.45) is 0 Å². The Hall–Kier alpha value is -3.61. The molecule has 0 unspecified atom stereocenters. The molecule has 0 radical (unpaired) electrons. The number of aromatic nitrogens is 1. The minimum absolute atomic E-state index is 0.260. The molecule has 0 spiro atoms. The molecule has 2 heterocycles. The average Bonchev–Trinajstić information content (AvgIpc) is 3.20. The first kappa shape index (κ1) is 17.2. The monoisotopic (exact) mass is 351 g/mol. The highest BCUT2D eigenvalue weighted by Gasteiger charge is 2.14. The number of carbonyl (C=O) groups excluding carboxylic acids is 2. The molecule has 132 valence electrons. The van der Waals surface area contributed by atoms with E-state index in [1.165, 1.54) is 13.3 Å². The van der Waals surface area contributed by atoms with Gasteiger partial charge in [0.2, 0.25) is 5.88 Å². The van der Waals surface area contributed by atoms with Gasteiger partial charge in [0.05, 0.1) is 36.7 Å². The van der Waals surface area contributed by atoms with Crippen LogP contribution in [0.5, 0.6) is 5.88 Å². The summed E-state index contributed by atoms with van der Waals surface area (Å²) in [5.41, 5.74) is 1.12. The number of anilines is 1. The van der Waals surface area contributed by atoms with Crippen LogP contribution in [-0.4, -0.2) is 23.9 Å². The molecule has 2 N–H and O–H groups in total. The summed E-state index contributed by atoms with van der Waals surface area (Å²) >= 11 is 0. The molecule has 0 atom stereocenters. The van der Waals surface area contributed by atoms with Crippen molar-refractivity contribution in [1.82, 2.24) is 10.3 Å². The predicted octanol–water partition coefficient (Wildman–Crippen LogP) is 2.87. The van der Waals surface area contributed by atoms with Crippen LogP contribution >= 0.6 is 0 Å². The number of methoxy groups -OCH3 is 1. The first-order valence-corrected chi connectivity index (χ1v) is 7.88. The standard InChI is InChI=1S/C19H17N3O4/c1-25-17-9-8-13(11-20-17)18(23)22-16-7-3-2-6-15(16)19(24)21-12-14-5-4-10-26-14/h2-11H,12H2,1H3,(H,21,24)(H,22,23). The van der Waals surface area contributed by atoms with Crippen LogP contribution < -0.4 is 15.4 Å². The van der Waals surface area contributed by atoms with Crippen LogP contribution in [0.4, 0.5) is 5.69 Å². The van der Waals surface area contributed by atoms with Gasteiger partial charge in [-0.15, -0.1) is 0 Å². The Bertz CT molecular complexity index is 889. The third-order valence-electron chi connectivity index (χ3n) is 3.63. The van der Waals surface area contributed by atoms with Crippen molar-refractivity contribution in [3.05, 3.63) is 77.9 Å². The van der Waals surface area contributed by atoms with Crippen LogP contribution in [0.15, 0.2) is 65.4 Å². The highest BCUT2D eigenvalue weighted by atomic mass is 16.5.